The molecular formula is C16H24N4O3S2. The summed E-state index contributed by atoms with van der Waals surface area (Å²) in [7, 11) is -1.75. The van der Waals surface area contributed by atoms with Crippen molar-refractivity contribution in [3.63, 3.8) is 0 Å². The standard InChI is InChI=1S/C16H24N4O3S2/c1-3-25(21,22)16-18-11-13(20(16)8-9-23-2)12-19-7-4-5-14(19)15-17-6-10-24-15/h6,10-11,14H,3-5,7-9,12H2,1-2H3. The Morgan fingerprint density at radius 1 is 1.40 bits per heavy atom. The summed E-state index contributed by atoms with van der Waals surface area (Å²) in [4.78, 5) is 11.0. The first kappa shape index (κ1) is 18.5. The molecule has 2 aromatic rings. The monoisotopic (exact) mass is 384 g/mol. The average Bonchev–Trinajstić information content (AvgIpc) is 3.34. The number of thiazole rings is 1. The molecule has 1 aliphatic rings. The Kier molecular flexibility index (Phi) is 5.88. The molecule has 1 fully saturated rings. The number of hydrogen-bond acceptors (Lipinski definition) is 7. The van der Waals surface area contributed by atoms with Crippen LogP contribution < -0.4 is 0 Å². The molecule has 0 aliphatic carbocycles. The third-order valence-electron chi connectivity index (χ3n) is 4.54. The van der Waals surface area contributed by atoms with Gasteiger partial charge in [-0.25, -0.2) is 18.4 Å². The number of ether oxygens (including phenoxy) is 1. The van der Waals surface area contributed by atoms with E-state index in [4.69, 9.17) is 4.74 Å². The largest absolute Gasteiger partial charge is 0.383 e. The van der Waals surface area contributed by atoms with Crippen molar-refractivity contribution in [2.75, 3.05) is 26.0 Å². The van der Waals surface area contributed by atoms with Crippen LogP contribution in [0.3, 0.4) is 0 Å². The van der Waals surface area contributed by atoms with Gasteiger partial charge < -0.3 is 9.30 Å². The van der Waals surface area contributed by atoms with Gasteiger partial charge in [-0.05, 0) is 19.4 Å². The fraction of sp³-hybridized carbons (Fsp3) is 0.625. The average molecular weight is 385 g/mol. The maximum Gasteiger partial charge on any atom is 0.227 e. The number of imidazole rings is 1. The Balaban J connectivity index is 1.86. The molecule has 2 aromatic heterocycles. The number of nitrogens with zero attached hydrogens (tertiary/aromatic N) is 4. The van der Waals surface area contributed by atoms with Crippen molar-refractivity contribution in [3.05, 3.63) is 28.5 Å². The molecule has 1 unspecified atom stereocenters. The zero-order valence-corrected chi connectivity index (χ0v) is 16.2. The first-order chi connectivity index (χ1) is 12.1. The van der Waals surface area contributed by atoms with Gasteiger partial charge in [0, 0.05) is 31.8 Å². The van der Waals surface area contributed by atoms with E-state index in [1.807, 2.05) is 11.6 Å². The molecule has 0 radical (unpaired) electrons. The predicted octanol–water partition coefficient (Wildman–Crippen LogP) is 2.12. The minimum Gasteiger partial charge on any atom is -0.383 e. The molecule has 1 atom stereocenters. The van der Waals surface area contributed by atoms with Gasteiger partial charge in [0.15, 0.2) is 0 Å². The van der Waals surface area contributed by atoms with E-state index in [1.165, 1.54) is 0 Å². The van der Waals surface area contributed by atoms with Gasteiger partial charge in [0.1, 0.15) is 5.01 Å². The first-order valence-corrected chi connectivity index (χ1v) is 11.0. The summed E-state index contributed by atoms with van der Waals surface area (Å²) >= 11 is 1.67. The zero-order chi connectivity index (χ0) is 17.9. The molecule has 1 saturated heterocycles. The SMILES string of the molecule is CCS(=O)(=O)c1ncc(CN2CCCC2c2nccs2)n1CCOC. The number of methoxy groups -OCH3 is 1. The van der Waals surface area contributed by atoms with Crippen LogP contribution in [0.25, 0.3) is 0 Å². The van der Waals surface area contributed by atoms with E-state index in [-0.39, 0.29) is 10.9 Å². The lowest BCUT2D eigenvalue weighted by Gasteiger charge is -2.23. The Labute approximate surface area is 152 Å². The second-order valence-corrected chi connectivity index (χ2v) is 9.18. The molecule has 25 heavy (non-hydrogen) atoms. The topological polar surface area (TPSA) is 77.3 Å². The summed E-state index contributed by atoms with van der Waals surface area (Å²) in [5, 5.41) is 3.27. The van der Waals surface area contributed by atoms with Gasteiger partial charge in [0.25, 0.3) is 0 Å². The number of sulfone groups is 1. The van der Waals surface area contributed by atoms with Crippen LogP contribution in [0.5, 0.6) is 0 Å². The smallest absolute Gasteiger partial charge is 0.227 e. The van der Waals surface area contributed by atoms with E-state index < -0.39 is 9.84 Å². The van der Waals surface area contributed by atoms with Crippen molar-refractivity contribution < 1.29 is 13.2 Å². The van der Waals surface area contributed by atoms with E-state index in [1.54, 1.807) is 36.1 Å². The quantitative estimate of drug-likeness (QED) is 0.694. The molecule has 138 valence electrons. The van der Waals surface area contributed by atoms with Crippen molar-refractivity contribution in [3.8, 4) is 0 Å². The second kappa shape index (κ2) is 7.94. The van der Waals surface area contributed by atoms with Crippen molar-refractivity contribution in [1.82, 2.24) is 19.4 Å². The molecule has 0 saturated carbocycles. The van der Waals surface area contributed by atoms with Crippen molar-refractivity contribution in [1.29, 1.82) is 0 Å². The van der Waals surface area contributed by atoms with Crippen LogP contribution in [0.1, 0.15) is 36.5 Å². The molecule has 0 bridgehead atoms. The maximum atomic E-state index is 12.3. The Morgan fingerprint density at radius 2 is 2.24 bits per heavy atom. The number of rotatable bonds is 8. The third kappa shape index (κ3) is 3.94. The Hall–Kier alpha value is -1.29. The summed E-state index contributed by atoms with van der Waals surface area (Å²) in [6.45, 7) is 4.22. The fourth-order valence-corrected chi connectivity index (χ4v) is 5.04. The van der Waals surface area contributed by atoms with Gasteiger partial charge in [-0.2, -0.15) is 0 Å². The van der Waals surface area contributed by atoms with Gasteiger partial charge in [0.2, 0.25) is 15.0 Å². The fourth-order valence-electron chi connectivity index (χ4n) is 3.22. The zero-order valence-electron chi connectivity index (χ0n) is 14.6. The Morgan fingerprint density at radius 3 is 2.92 bits per heavy atom. The van der Waals surface area contributed by atoms with Crippen LogP contribution in [0.2, 0.25) is 0 Å². The summed E-state index contributed by atoms with van der Waals surface area (Å²) in [5.74, 6) is 0.0435. The minimum atomic E-state index is -3.36. The van der Waals surface area contributed by atoms with Gasteiger partial charge in [-0.15, -0.1) is 11.3 Å². The van der Waals surface area contributed by atoms with Crippen LogP contribution in [0, 0.1) is 0 Å². The molecular weight excluding hydrogens is 360 g/mol. The molecule has 0 aromatic carbocycles. The highest BCUT2D eigenvalue weighted by atomic mass is 32.2. The summed E-state index contributed by atoms with van der Waals surface area (Å²) in [6, 6.07) is 0.303. The molecule has 3 rings (SSSR count). The van der Waals surface area contributed by atoms with E-state index in [0.717, 1.165) is 30.1 Å². The van der Waals surface area contributed by atoms with E-state index in [9.17, 15) is 8.42 Å². The summed E-state index contributed by atoms with van der Waals surface area (Å²) in [5.41, 5.74) is 0.910. The van der Waals surface area contributed by atoms with Gasteiger partial charge >= 0.3 is 0 Å². The van der Waals surface area contributed by atoms with Crippen molar-refractivity contribution in [2.45, 2.75) is 44.1 Å². The lowest BCUT2D eigenvalue weighted by atomic mass is 10.2. The second-order valence-electron chi connectivity index (χ2n) is 6.08. The van der Waals surface area contributed by atoms with E-state index in [2.05, 4.69) is 14.9 Å². The highest BCUT2D eigenvalue weighted by Gasteiger charge is 2.30. The third-order valence-corrected chi connectivity index (χ3v) is 7.06. The number of hydrogen-bond donors (Lipinski definition) is 0. The number of likely N-dealkylation sites (tertiary alicyclic amines) is 1. The number of aromatic nitrogens is 3. The van der Waals surface area contributed by atoms with Crippen molar-refractivity contribution in [2.24, 2.45) is 0 Å². The lowest BCUT2D eigenvalue weighted by Crippen LogP contribution is -2.25. The lowest BCUT2D eigenvalue weighted by molar-refractivity contribution is 0.180. The predicted molar refractivity (Wildman–Crippen MR) is 96.3 cm³/mol. The van der Waals surface area contributed by atoms with Crippen LogP contribution in [0.4, 0.5) is 0 Å². The van der Waals surface area contributed by atoms with E-state index >= 15 is 0 Å². The highest BCUT2D eigenvalue weighted by molar-refractivity contribution is 7.91. The molecule has 0 N–H and O–H groups in total. The summed E-state index contributed by atoms with van der Waals surface area (Å²) in [6.07, 6.45) is 5.73. The molecule has 0 amide bonds. The molecule has 7 nitrogen and oxygen atoms in total. The van der Waals surface area contributed by atoms with Gasteiger partial charge in [-0.3, -0.25) is 4.90 Å². The van der Waals surface area contributed by atoms with E-state index in [0.29, 0.717) is 25.7 Å². The maximum absolute atomic E-state index is 12.3. The molecule has 9 heteroatoms. The van der Waals surface area contributed by atoms with Crippen LogP contribution in [-0.2, 0) is 27.7 Å². The van der Waals surface area contributed by atoms with Gasteiger partial charge in [0.05, 0.1) is 30.3 Å². The summed E-state index contributed by atoms with van der Waals surface area (Å²) < 4.78 is 31.6. The Bertz CT molecular complexity index is 786. The van der Waals surface area contributed by atoms with Crippen molar-refractivity contribution >= 4 is 21.2 Å². The molecule has 1 aliphatic heterocycles. The highest BCUT2D eigenvalue weighted by Crippen LogP contribution is 2.34. The van der Waals surface area contributed by atoms with Crippen LogP contribution >= 0.6 is 11.3 Å². The minimum absolute atomic E-state index is 0.0435. The van der Waals surface area contributed by atoms with Crippen LogP contribution in [0.15, 0.2) is 22.9 Å². The first-order valence-electron chi connectivity index (χ1n) is 8.46. The van der Waals surface area contributed by atoms with Gasteiger partial charge in [-0.1, -0.05) is 6.92 Å². The molecule has 0 spiro atoms. The molecule has 3 heterocycles. The normalized spacial score (nSPS) is 18.9. The van der Waals surface area contributed by atoms with Crippen LogP contribution in [-0.4, -0.2) is 53.9 Å².